The topological polar surface area (TPSA) is 93.6 Å². The number of ether oxygens (including phenoxy) is 1. The van der Waals surface area contributed by atoms with Crippen molar-refractivity contribution < 1.29 is 9.94 Å². The number of nitrogens with two attached hydrogens (primary N) is 1. The van der Waals surface area contributed by atoms with Crippen LogP contribution in [0.1, 0.15) is 25.1 Å². The molecule has 0 bridgehead atoms. The molecule has 1 heterocycles. The highest BCUT2D eigenvalue weighted by Gasteiger charge is 2.09. The Bertz CT molecular complexity index is 365. The number of aromatic nitrogens is 2. The smallest absolute Gasteiger partial charge is 0.316 e. The third kappa shape index (κ3) is 2.55. The second-order valence-corrected chi connectivity index (χ2v) is 2.78. The zero-order chi connectivity index (χ0) is 11.3. The predicted molar refractivity (Wildman–Crippen MR) is 55.1 cm³/mol. The van der Waals surface area contributed by atoms with Gasteiger partial charge in [0, 0.05) is 6.20 Å². The summed E-state index contributed by atoms with van der Waals surface area (Å²) in [6, 6.07) is 0.309. The van der Waals surface area contributed by atoms with E-state index in [0.29, 0.717) is 30.3 Å². The SMILES string of the molecule is CCOc1ncc(/C(N)=N\O)c(CC)n1. The molecule has 6 heteroatoms. The van der Waals surface area contributed by atoms with Gasteiger partial charge in [0.25, 0.3) is 0 Å². The summed E-state index contributed by atoms with van der Waals surface area (Å²) < 4.78 is 5.15. The highest BCUT2D eigenvalue weighted by Crippen LogP contribution is 2.10. The molecule has 0 saturated heterocycles. The first-order valence-corrected chi connectivity index (χ1v) is 4.69. The van der Waals surface area contributed by atoms with Crippen molar-refractivity contribution >= 4 is 5.84 Å². The van der Waals surface area contributed by atoms with Crippen LogP contribution in [-0.2, 0) is 6.42 Å². The van der Waals surface area contributed by atoms with E-state index in [1.54, 1.807) is 0 Å². The van der Waals surface area contributed by atoms with Gasteiger partial charge in [-0.1, -0.05) is 12.1 Å². The fourth-order valence-electron chi connectivity index (χ4n) is 1.13. The Balaban J connectivity index is 3.09. The van der Waals surface area contributed by atoms with Gasteiger partial charge in [-0.05, 0) is 13.3 Å². The van der Waals surface area contributed by atoms with Crippen LogP contribution in [0.5, 0.6) is 6.01 Å². The first kappa shape index (κ1) is 11.2. The predicted octanol–water partition coefficient (Wildman–Crippen LogP) is 0.532. The van der Waals surface area contributed by atoms with Crippen LogP contribution >= 0.6 is 0 Å². The number of rotatable bonds is 4. The average molecular weight is 210 g/mol. The van der Waals surface area contributed by atoms with Crippen LogP contribution in [0.3, 0.4) is 0 Å². The monoisotopic (exact) mass is 210 g/mol. The minimum Gasteiger partial charge on any atom is -0.464 e. The van der Waals surface area contributed by atoms with Gasteiger partial charge in [-0.15, -0.1) is 0 Å². The van der Waals surface area contributed by atoms with E-state index in [9.17, 15) is 0 Å². The van der Waals surface area contributed by atoms with Gasteiger partial charge in [-0.2, -0.15) is 4.98 Å². The number of nitrogens with zero attached hydrogens (tertiary/aromatic N) is 3. The molecule has 0 aliphatic carbocycles. The van der Waals surface area contributed by atoms with Crippen LogP contribution in [0, 0.1) is 0 Å². The lowest BCUT2D eigenvalue weighted by Gasteiger charge is -2.06. The molecule has 0 spiro atoms. The fraction of sp³-hybridized carbons (Fsp3) is 0.444. The lowest BCUT2D eigenvalue weighted by atomic mass is 10.2. The highest BCUT2D eigenvalue weighted by atomic mass is 16.5. The van der Waals surface area contributed by atoms with Crippen molar-refractivity contribution in [2.45, 2.75) is 20.3 Å². The molecule has 0 amide bonds. The lowest BCUT2D eigenvalue weighted by molar-refractivity contribution is 0.310. The second-order valence-electron chi connectivity index (χ2n) is 2.78. The molecule has 0 unspecified atom stereocenters. The summed E-state index contributed by atoms with van der Waals surface area (Å²) in [6.07, 6.45) is 2.15. The Kier molecular flexibility index (Phi) is 3.84. The summed E-state index contributed by atoms with van der Waals surface area (Å²) in [6.45, 7) is 4.28. The molecule has 6 nitrogen and oxygen atoms in total. The molecule has 1 aromatic rings. The second kappa shape index (κ2) is 5.14. The van der Waals surface area contributed by atoms with Crippen molar-refractivity contribution in [2.75, 3.05) is 6.61 Å². The molecule has 0 radical (unpaired) electrons. The van der Waals surface area contributed by atoms with E-state index in [4.69, 9.17) is 15.7 Å². The van der Waals surface area contributed by atoms with Crippen LogP contribution in [0.2, 0.25) is 0 Å². The van der Waals surface area contributed by atoms with Gasteiger partial charge in [-0.3, -0.25) is 0 Å². The maximum Gasteiger partial charge on any atom is 0.316 e. The molecule has 0 fully saturated rings. The third-order valence-electron chi connectivity index (χ3n) is 1.84. The summed E-state index contributed by atoms with van der Waals surface area (Å²) in [5.41, 5.74) is 6.70. The molecule has 0 aliphatic heterocycles. The quantitative estimate of drug-likeness (QED) is 0.327. The Morgan fingerprint density at radius 2 is 2.33 bits per heavy atom. The zero-order valence-electron chi connectivity index (χ0n) is 8.77. The van der Waals surface area contributed by atoms with E-state index in [0.717, 1.165) is 0 Å². The van der Waals surface area contributed by atoms with Crippen LogP contribution < -0.4 is 10.5 Å². The summed E-state index contributed by atoms with van der Waals surface area (Å²) in [7, 11) is 0. The van der Waals surface area contributed by atoms with Gasteiger partial charge in [0.05, 0.1) is 17.9 Å². The van der Waals surface area contributed by atoms with Gasteiger partial charge in [0.1, 0.15) is 0 Å². The molecule has 0 aliphatic rings. The van der Waals surface area contributed by atoms with Crippen LogP contribution in [0.15, 0.2) is 11.4 Å². The lowest BCUT2D eigenvalue weighted by Crippen LogP contribution is -2.17. The molecular formula is C9H14N4O2. The molecule has 0 saturated carbocycles. The zero-order valence-corrected chi connectivity index (χ0v) is 8.77. The molecular weight excluding hydrogens is 196 g/mol. The molecule has 15 heavy (non-hydrogen) atoms. The van der Waals surface area contributed by atoms with Crippen molar-refractivity contribution in [1.29, 1.82) is 0 Å². The van der Waals surface area contributed by atoms with Crippen molar-refractivity contribution in [3.63, 3.8) is 0 Å². The van der Waals surface area contributed by atoms with E-state index < -0.39 is 0 Å². The van der Waals surface area contributed by atoms with Crippen LogP contribution in [0.4, 0.5) is 0 Å². The largest absolute Gasteiger partial charge is 0.464 e. The Labute approximate surface area is 87.8 Å². The van der Waals surface area contributed by atoms with Crippen LogP contribution in [-0.4, -0.2) is 27.6 Å². The Morgan fingerprint density at radius 1 is 1.60 bits per heavy atom. The van der Waals surface area contributed by atoms with Crippen molar-refractivity contribution in [3.05, 3.63) is 17.5 Å². The van der Waals surface area contributed by atoms with Gasteiger partial charge in [-0.25, -0.2) is 4.98 Å². The Hall–Kier alpha value is -1.85. The normalized spacial score (nSPS) is 11.5. The molecule has 1 aromatic heterocycles. The minimum atomic E-state index is 0.00917. The molecule has 0 aromatic carbocycles. The highest BCUT2D eigenvalue weighted by molar-refractivity contribution is 5.97. The number of aryl methyl sites for hydroxylation is 1. The maximum absolute atomic E-state index is 8.56. The number of hydrogen-bond acceptors (Lipinski definition) is 5. The third-order valence-corrected chi connectivity index (χ3v) is 1.84. The van der Waals surface area contributed by atoms with Crippen molar-refractivity contribution in [1.82, 2.24) is 9.97 Å². The number of hydrogen-bond donors (Lipinski definition) is 2. The maximum atomic E-state index is 8.56. The van der Waals surface area contributed by atoms with Crippen LogP contribution in [0.25, 0.3) is 0 Å². The first-order chi connectivity index (χ1) is 7.22. The first-order valence-electron chi connectivity index (χ1n) is 4.69. The molecule has 3 N–H and O–H groups in total. The van der Waals surface area contributed by atoms with E-state index in [2.05, 4.69) is 15.1 Å². The number of amidine groups is 1. The van der Waals surface area contributed by atoms with Gasteiger partial charge in [0.15, 0.2) is 5.84 Å². The Morgan fingerprint density at radius 3 is 2.87 bits per heavy atom. The average Bonchev–Trinajstić information content (AvgIpc) is 2.28. The molecule has 82 valence electrons. The molecule has 0 atom stereocenters. The van der Waals surface area contributed by atoms with Crippen molar-refractivity contribution in [2.24, 2.45) is 10.9 Å². The van der Waals surface area contributed by atoms with E-state index in [-0.39, 0.29) is 5.84 Å². The summed E-state index contributed by atoms with van der Waals surface area (Å²) in [5, 5.41) is 11.5. The van der Waals surface area contributed by atoms with Gasteiger partial charge >= 0.3 is 6.01 Å². The summed E-state index contributed by atoms with van der Waals surface area (Å²) >= 11 is 0. The van der Waals surface area contributed by atoms with E-state index >= 15 is 0 Å². The summed E-state index contributed by atoms with van der Waals surface area (Å²) in [4.78, 5) is 8.09. The van der Waals surface area contributed by atoms with E-state index in [1.807, 2.05) is 13.8 Å². The van der Waals surface area contributed by atoms with Gasteiger partial charge < -0.3 is 15.7 Å². The van der Waals surface area contributed by atoms with Crippen molar-refractivity contribution in [3.8, 4) is 6.01 Å². The molecule has 1 rings (SSSR count). The minimum absolute atomic E-state index is 0.00917. The number of oxime groups is 1. The fourth-order valence-corrected chi connectivity index (χ4v) is 1.13. The summed E-state index contributed by atoms with van der Waals surface area (Å²) in [5.74, 6) is 0.00917. The van der Waals surface area contributed by atoms with E-state index in [1.165, 1.54) is 6.20 Å². The van der Waals surface area contributed by atoms with Gasteiger partial charge in [0.2, 0.25) is 0 Å². The standard InChI is InChI=1S/C9H14N4O2/c1-3-7-6(8(10)13-14)5-11-9(12-7)15-4-2/h5,14H,3-4H2,1-2H3,(H2,10,13).